The number of aryl methyl sites for hydroxylation is 1. The highest BCUT2D eigenvalue weighted by Gasteiger charge is 2.19. The SMILES string of the molecule is CCn1c(=O)c2c3cccccc-3nc2n(CC)c1=O. The molecule has 0 bridgehead atoms. The van der Waals surface area contributed by atoms with Crippen molar-refractivity contribution in [2.75, 3.05) is 0 Å². The third-order valence-electron chi connectivity index (χ3n) is 3.54. The van der Waals surface area contributed by atoms with Gasteiger partial charge in [0.15, 0.2) is 5.65 Å². The summed E-state index contributed by atoms with van der Waals surface area (Å²) in [5.74, 6) is 0. The van der Waals surface area contributed by atoms with Gasteiger partial charge < -0.3 is 0 Å². The van der Waals surface area contributed by atoms with Crippen molar-refractivity contribution < 1.29 is 0 Å². The van der Waals surface area contributed by atoms with E-state index in [1.165, 1.54) is 4.57 Å². The Hall–Kier alpha value is -2.43. The number of hydrogen-bond acceptors (Lipinski definition) is 3. The Morgan fingerprint density at radius 1 is 1.00 bits per heavy atom. The first-order valence-electron chi connectivity index (χ1n) is 6.71. The van der Waals surface area contributed by atoms with Crippen molar-refractivity contribution in [1.82, 2.24) is 14.1 Å². The minimum Gasteiger partial charge on any atom is -0.278 e. The molecule has 0 fully saturated rings. The molecule has 2 heterocycles. The van der Waals surface area contributed by atoms with Crippen molar-refractivity contribution in [2.45, 2.75) is 26.9 Å². The number of aromatic nitrogens is 3. The molecule has 0 aromatic carbocycles. The van der Waals surface area contributed by atoms with Gasteiger partial charge in [0.2, 0.25) is 0 Å². The molecule has 0 saturated carbocycles. The third kappa shape index (κ3) is 1.59. The van der Waals surface area contributed by atoms with Crippen LogP contribution in [0.25, 0.3) is 22.3 Å². The minimum absolute atomic E-state index is 0.258. The molecule has 0 atom stereocenters. The van der Waals surface area contributed by atoms with Crippen molar-refractivity contribution in [2.24, 2.45) is 0 Å². The second-order valence-corrected chi connectivity index (χ2v) is 4.60. The Labute approximate surface area is 115 Å². The average molecular weight is 269 g/mol. The van der Waals surface area contributed by atoms with Crippen LogP contribution in [0.15, 0.2) is 39.9 Å². The maximum absolute atomic E-state index is 12.5. The van der Waals surface area contributed by atoms with E-state index in [1.54, 1.807) is 11.5 Å². The van der Waals surface area contributed by atoms with E-state index in [4.69, 9.17) is 0 Å². The molecule has 0 radical (unpaired) electrons. The smallest absolute Gasteiger partial charge is 0.278 e. The molecule has 5 nitrogen and oxygen atoms in total. The van der Waals surface area contributed by atoms with E-state index < -0.39 is 0 Å². The first-order valence-corrected chi connectivity index (χ1v) is 6.71. The fraction of sp³-hybridized carbons (Fsp3) is 0.267. The maximum atomic E-state index is 12.5. The van der Waals surface area contributed by atoms with Gasteiger partial charge in [-0.2, -0.15) is 0 Å². The number of hydrogen-bond donors (Lipinski definition) is 0. The zero-order chi connectivity index (χ0) is 14.3. The summed E-state index contributed by atoms with van der Waals surface area (Å²) in [5, 5.41) is 0.527. The van der Waals surface area contributed by atoms with Gasteiger partial charge in [-0.25, -0.2) is 9.78 Å². The molecule has 1 aliphatic heterocycles. The minimum atomic E-state index is -0.292. The highest BCUT2D eigenvalue weighted by molar-refractivity contribution is 5.94. The molecule has 20 heavy (non-hydrogen) atoms. The summed E-state index contributed by atoms with van der Waals surface area (Å²) < 4.78 is 2.82. The Morgan fingerprint density at radius 3 is 2.40 bits per heavy atom. The lowest BCUT2D eigenvalue weighted by Crippen LogP contribution is -2.39. The fourth-order valence-corrected chi connectivity index (χ4v) is 2.57. The van der Waals surface area contributed by atoms with E-state index in [0.29, 0.717) is 24.1 Å². The molecule has 0 saturated heterocycles. The van der Waals surface area contributed by atoms with Gasteiger partial charge in [0.1, 0.15) is 0 Å². The van der Waals surface area contributed by atoms with Gasteiger partial charge in [-0.3, -0.25) is 13.9 Å². The van der Waals surface area contributed by atoms with Gasteiger partial charge in [-0.05, 0) is 19.9 Å². The number of rotatable bonds is 2. The van der Waals surface area contributed by atoms with E-state index in [-0.39, 0.29) is 11.2 Å². The molecule has 0 unspecified atom stereocenters. The lowest BCUT2D eigenvalue weighted by molar-refractivity contribution is 0.607. The van der Waals surface area contributed by atoms with Crippen LogP contribution >= 0.6 is 0 Å². The van der Waals surface area contributed by atoms with Crippen LogP contribution < -0.4 is 11.2 Å². The summed E-state index contributed by atoms with van der Waals surface area (Å²) in [6, 6.07) is 9.37. The highest BCUT2D eigenvalue weighted by atomic mass is 16.2. The molecule has 1 aliphatic carbocycles. The van der Waals surface area contributed by atoms with Crippen molar-refractivity contribution in [1.29, 1.82) is 0 Å². The number of nitrogens with zero attached hydrogens (tertiary/aromatic N) is 3. The second kappa shape index (κ2) is 4.59. The monoisotopic (exact) mass is 269 g/mol. The molecule has 3 rings (SSSR count). The number of fused-ring (bicyclic) bond motifs is 3. The molecule has 0 amide bonds. The standard InChI is InChI=1S/C15H15N3O2/c1-3-17-13-12(14(19)18(4-2)15(17)20)10-8-6-5-7-9-11(10)16-13/h5-9H,3-4H2,1-2H3. The second-order valence-electron chi connectivity index (χ2n) is 4.60. The van der Waals surface area contributed by atoms with Crippen LogP contribution in [0, 0.1) is 0 Å². The summed E-state index contributed by atoms with van der Waals surface area (Å²) in [5.41, 5.74) is 1.45. The van der Waals surface area contributed by atoms with Crippen LogP contribution in [0.1, 0.15) is 13.8 Å². The Morgan fingerprint density at radius 2 is 1.70 bits per heavy atom. The predicted octanol–water partition coefficient (Wildman–Crippen LogP) is 1.70. The summed E-state index contributed by atoms with van der Waals surface area (Å²) in [6.07, 6.45) is 0. The topological polar surface area (TPSA) is 56.9 Å². The lowest BCUT2D eigenvalue weighted by atomic mass is 10.2. The average Bonchev–Trinajstić information content (AvgIpc) is 2.63. The summed E-state index contributed by atoms with van der Waals surface area (Å²) in [4.78, 5) is 29.3. The Kier molecular flexibility index (Phi) is 2.89. The van der Waals surface area contributed by atoms with Gasteiger partial charge in [0.05, 0.1) is 11.1 Å². The predicted molar refractivity (Wildman–Crippen MR) is 78.2 cm³/mol. The van der Waals surface area contributed by atoms with Crippen molar-refractivity contribution >= 4 is 11.0 Å². The summed E-state index contributed by atoms with van der Waals surface area (Å²) in [7, 11) is 0. The molecule has 0 N–H and O–H groups in total. The molecule has 1 aromatic heterocycles. The van der Waals surface area contributed by atoms with E-state index in [1.807, 2.05) is 37.3 Å². The van der Waals surface area contributed by atoms with E-state index in [9.17, 15) is 9.59 Å². The Balaban J connectivity index is 2.63. The largest absolute Gasteiger partial charge is 0.332 e. The molecular formula is C15H15N3O2. The van der Waals surface area contributed by atoms with E-state index in [0.717, 1.165) is 11.3 Å². The van der Waals surface area contributed by atoms with Crippen LogP contribution in [0.4, 0.5) is 0 Å². The molecule has 5 heteroatoms. The molecule has 2 aliphatic rings. The molecule has 102 valence electrons. The van der Waals surface area contributed by atoms with Crippen molar-refractivity contribution in [3.8, 4) is 11.3 Å². The highest BCUT2D eigenvalue weighted by Crippen LogP contribution is 2.26. The van der Waals surface area contributed by atoms with Crippen LogP contribution in [0.5, 0.6) is 0 Å². The van der Waals surface area contributed by atoms with Gasteiger partial charge in [0, 0.05) is 18.7 Å². The van der Waals surface area contributed by atoms with Gasteiger partial charge >= 0.3 is 5.69 Å². The van der Waals surface area contributed by atoms with Gasteiger partial charge in [-0.15, -0.1) is 0 Å². The third-order valence-corrected chi connectivity index (χ3v) is 3.54. The summed E-state index contributed by atoms with van der Waals surface area (Å²) in [6.45, 7) is 4.53. The van der Waals surface area contributed by atoms with Crippen LogP contribution in [0.2, 0.25) is 0 Å². The first kappa shape index (κ1) is 12.6. The van der Waals surface area contributed by atoms with Crippen LogP contribution in [-0.2, 0) is 13.1 Å². The van der Waals surface area contributed by atoms with Gasteiger partial charge in [0.25, 0.3) is 5.56 Å². The normalized spacial score (nSPS) is 11.3. The summed E-state index contributed by atoms with van der Waals surface area (Å²) >= 11 is 0. The zero-order valence-corrected chi connectivity index (χ0v) is 11.5. The zero-order valence-electron chi connectivity index (χ0n) is 11.5. The fourth-order valence-electron chi connectivity index (χ4n) is 2.57. The van der Waals surface area contributed by atoms with Crippen LogP contribution in [-0.4, -0.2) is 14.1 Å². The van der Waals surface area contributed by atoms with E-state index in [2.05, 4.69) is 4.98 Å². The Bertz CT molecular complexity index is 877. The van der Waals surface area contributed by atoms with Gasteiger partial charge in [-0.1, -0.05) is 24.3 Å². The van der Waals surface area contributed by atoms with Crippen molar-refractivity contribution in [3.05, 3.63) is 51.2 Å². The lowest BCUT2D eigenvalue weighted by Gasteiger charge is -2.07. The molecule has 0 spiro atoms. The maximum Gasteiger partial charge on any atom is 0.332 e. The van der Waals surface area contributed by atoms with Crippen LogP contribution in [0.3, 0.4) is 0 Å². The van der Waals surface area contributed by atoms with E-state index >= 15 is 0 Å². The quantitative estimate of drug-likeness (QED) is 0.711. The molecular weight excluding hydrogens is 254 g/mol. The van der Waals surface area contributed by atoms with Crippen molar-refractivity contribution in [3.63, 3.8) is 0 Å². The first-order chi connectivity index (χ1) is 9.69. The molecule has 1 aromatic rings.